The highest BCUT2D eigenvalue weighted by Gasteiger charge is 2.01. The van der Waals surface area contributed by atoms with Crippen LogP contribution in [0.2, 0.25) is 0 Å². The first-order valence-corrected chi connectivity index (χ1v) is 5.29. The Bertz CT molecular complexity index is 485. The lowest BCUT2D eigenvalue weighted by atomic mass is 10.3. The Hall–Kier alpha value is -2.31. The Morgan fingerprint density at radius 2 is 1.88 bits per heavy atom. The largest absolute Gasteiger partial charge is 0.368 e. The van der Waals surface area contributed by atoms with E-state index in [0.29, 0.717) is 12.5 Å². The molecule has 0 bridgehead atoms. The van der Waals surface area contributed by atoms with E-state index in [4.69, 9.17) is 11.5 Å². The summed E-state index contributed by atoms with van der Waals surface area (Å²) in [4.78, 5) is 14.8. The maximum atomic E-state index is 5.46. The van der Waals surface area contributed by atoms with Gasteiger partial charge in [0.2, 0.25) is 17.8 Å². The van der Waals surface area contributed by atoms with Crippen LogP contribution < -0.4 is 16.8 Å². The molecule has 0 fully saturated rings. The zero-order valence-corrected chi connectivity index (χ0v) is 9.57. The molecular weight excluding hydrogens is 218 g/mol. The van der Waals surface area contributed by atoms with Crippen LogP contribution in [0.3, 0.4) is 0 Å². The Morgan fingerprint density at radius 1 is 1.18 bits per heavy atom. The lowest BCUT2D eigenvalue weighted by Crippen LogP contribution is -2.11. The first-order valence-electron chi connectivity index (χ1n) is 5.29. The number of aromatic amines is 1. The van der Waals surface area contributed by atoms with Crippen LogP contribution in [0.25, 0.3) is 0 Å². The highest BCUT2D eigenvalue weighted by molar-refractivity contribution is 5.37. The minimum Gasteiger partial charge on any atom is -0.368 e. The van der Waals surface area contributed by atoms with E-state index in [0.717, 1.165) is 17.8 Å². The molecule has 0 radical (unpaired) electrons. The van der Waals surface area contributed by atoms with Gasteiger partial charge in [0, 0.05) is 24.4 Å². The second kappa shape index (κ2) is 4.69. The minimum absolute atomic E-state index is 0.121. The molecule has 2 rings (SSSR count). The fourth-order valence-electron chi connectivity index (χ4n) is 1.51. The zero-order valence-electron chi connectivity index (χ0n) is 9.57. The van der Waals surface area contributed by atoms with E-state index in [2.05, 4.69) is 25.3 Å². The smallest absolute Gasteiger partial charge is 0.229 e. The van der Waals surface area contributed by atoms with E-state index in [-0.39, 0.29) is 11.9 Å². The van der Waals surface area contributed by atoms with Crippen LogP contribution in [0.4, 0.5) is 17.8 Å². The molecule has 90 valence electrons. The fourth-order valence-corrected chi connectivity index (χ4v) is 1.51. The summed E-state index contributed by atoms with van der Waals surface area (Å²) in [5, 5.41) is 3.04. The number of aromatic nitrogens is 4. The molecule has 0 atom stereocenters. The fraction of sp³-hybridized carbons (Fsp3) is 0.300. The van der Waals surface area contributed by atoms with Gasteiger partial charge in [-0.2, -0.15) is 15.0 Å². The van der Waals surface area contributed by atoms with Gasteiger partial charge in [0.05, 0.1) is 0 Å². The molecule has 0 aliphatic heterocycles. The highest BCUT2D eigenvalue weighted by atomic mass is 15.2. The van der Waals surface area contributed by atoms with Crippen LogP contribution in [0, 0.1) is 6.92 Å². The van der Waals surface area contributed by atoms with Crippen LogP contribution in [-0.2, 0) is 6.42 Å². The summed E-state index contributed by atoms with van der Waals surface area (Å²) in [6.07, 6.45) is 0.847. The number of hydrogen-bond donors (Lipinski definition) is 4. The number of anilines is 3. The van der Waals surface area contributed by atoms with E-state index in [9.17, 15) is 0 Å². The van der Waals surface area contributed by atoms with Gasteiger partial charge in [0.15, 0.2) is 0 Å². The molecule has 0 saturated heterocycles. The van der Waals surface area contributed by atoms with E-state index < -0.39 is 0 Å². The summed E-state index contributed by atoms with van der Waals surface area (Å²) < 4.78 is 0. The molecule has 0 amide bonds. The predicted molar refractivity (Wildman–Crippen MR) is 66.4 cm³/mol. The normalized spacial score (nSPS) is 10.4. The first-order chi connectivity index (χ1) is 8.13. The first kappa shape index (κ1) is 11.2. The van der Waals surface area contributed by atoms with Crippen molar-refractivity contribution in [1.29, 1.82) is 0 Å². The van der Waals surface area contributed by atoms with Crippen molar-refractivity contribution in [1.82, 2.24) is 19.9 Å². The molecule has 6 N–H and O–H groups in total. The van der Waals surface area contributed by atoms with Gasteiger partial charge in [-0.15, -0.1) is 0 Å². The lowest BCUT2D eigenvalue weighted by Gasteiger charge is -2.04. The molecule has 0 saturated carbocycles. The predicted octanol–water partition coefficient (Wildman–Crippen LogP) is 0.327. The summed E-state index contributed by atoms with van der Waals surface area (Å²) in [7, 11) is 0. The Morgan fingerprint density at radius 3 is 2.47 bits per heavy atom. The molecule has 7 heteroatoms. The van der Waals surface area contributed by atoms with Crippen LogP contribution in [0.1, 0.15) is 11.4 Å². The monoisotopic (exact) mass is 233 g/mol. The van der Waals surface area contributed by atoms with Gasteiger partial charge >= 0.3 is 0 Å². The zero-order chi connectivity index (χ0) is 12.3. The Kier molecular flexibility index (Phi) is 3.08. The van der Waals surface area contributed by atoms with E-state index in [1.807, 2.05) is 19.1 Å². The molecule has 0 aliphatic rings. The van der Waals surface area contributed by atoms with Crippen LogP contribution in [0.15, 0.2) is 12.1 Å². The van der Waals surface area contributed by atoms with Gasteiger partial charge in [0.25, 0.3) is 0 Å². The number of nitrogens with one attached hydrogen (secondary N) is 2. The van der Waals surface area contributed by atoms with Crippen molar-refractivity contribution >= 4 is 17.8 Å². The third kappa shape index (κ3) is 3.07. The SMILES string of the molecule is Cc1ccc(CCNc2nc(N)nc(N)n2)[nH]1. The second-order valence-electron chi connectivity index (χ2n) is 3.72. The third-order valence-electron chi connectivity index (χ3n) is 2.24. The number of nitrogen functional groups attached to an aromatic ring is 2. The number of nitrogens with zero attached hydrogens (tertiary/aromatic N) is 3. The van der Waals surface area contributed by atoms with Crippen molar-refractivity contribution in [3.63, 3.8) is 0 Å². The third-order valence-corrected chi connectivity index (χ3v) is 2.24. The summed E-state index contributed by atoms with van der Waals surface area (Å²) >= 11 is 0. The Labute approximate surface area is 98.7 Å². The minimum atomic E-state index is 0.121. The van der Waals surface area contributed by atoms with Crippen molar-refractivity contribution in [2.24, 2.45) is 0 Å². The lowest BCUT2D eigenvalue weighted by molar-refractivity contribution is 0.941. The molecule has 0 aromatic carbocycles. The van der Waals surface area contributed by atoms with Crippen molar-refractivity contribution in [3.05, 3.63) is 23.5 Å². The molecule has 7 nitrogen and oxygen atoms in total. The molecule has 0 aliphatic carbocycles. The molecule has 2 heterocycles. The number of hydrogen-bond acceptors (Lipinski definition) is 6. The average molecular weight is 233 g/mol. The van der Waals surface area contributed by atoms with Crippen molar-refractivity contribution in [3.8, 4) is 0 Å². The molecule has 0 unspecified atom stereocenters. The van der Waals surface area contributed by atoms with E-state index in [1.165, 1.54) is 0 Å². The highest BCUT2D eigenvalue weighted by Crippen LogP contribution is 2.05. The van der Waals surface area contributed by atoms with Crippen LogP contribution >= 0.6 is 0 Å². The van der Waals surface area contributed by atoms with E-state index in [1.54, 1.807) is 0 Å². The molecule has 2 aromatic heterocycles. The van der Waals surface area contributed by atoms with Crippen LogP contribution in [0.5, 0.6) is 0 Å². The van der Waals surface area contributed by atoms with E-state index >= 15 is 0 Å². The average Bonchev–Trinajstić information content (AvgIpc) is 2.63. The van der Waals surface area contributed by atoms with Gasteiger partial charge in [-0.05, 0) is 19.1 Å². The number of H-pyrrole nitrogens is 1. The summed E-state index contributed by atoms with van der Waals surface area (Å²) in [6.45, 7) is 2.72. The van der Waals surface area contributed by atoms with Gasteiger partial charge in [-0.1, -0.05) is 0 Å². The summed E-state index contributed by atoms with van der Waals surface area (Å²) in [6, 6.07) is 4.08. The number of rotatable bonds is 4. The van der Waals surface area contributed by atoms with Gasteiger partial charge in [-0.25, -0.2) is 0 Å². The number of nitrogens with two attached hydrogens (primary N) is 2. The summed E-state index contributed by atoms with van der Waals surface area (Å²) in [5.41, 5.74) is 13.2. The molecule has 2 aromatic rings. The topological polar surface area (TPSA) is 119 Å². The second-order valence-corrected chi connectivity index (χ2v) is 3.72. The number of aryl methyl sites for hydroxylation is 1. The van der Waals surface area contributed by atoms with Crippen molar-refractivity contribution in [2.75, 3.05) is 23.3 Å². The maximum absolute atomic E-state index is 5.46. The molecule has 17 heavy (non-hydrogen) atoms. The van der Waals surface area contributed by atoms with Crippen LogP contribution in [-0.4, -0.2) is 26.5 Å². The van der Waals surface area contributed by atoms with Crippen molar-refractivity contribution < 1.29 is 0 Å². The maximum Gasteiger partial charge on any atom is 0.229 e. The van der Waals surface area contributed by atoms with Crippen molar-refractivity contribution in [2.45, 2.75) is 13.3 Å². The Balaban J connectivity index is 1.89. The van der Waals surface area contributed by atoms with Gasteiger partial charge < -0.3 is 21.8 Å². The van der Waals surface area contributed by atoms with Gasteiger partial charge in [0.1, 0.15) is 0 Å². The summed E-state index contributed by atoms with van der Waals surface area (Å²) in [5.74, 6) is 0.643. The quantitative estimate of drug-likeness (QED) is 0.604. The molecular formula is C10H15N7. The standard InChI is InChI=1S/C10H15N7/c1-6-2-3-7(14-6)4-5-13-10-16-8(11)15-9(12)17-10/h2-3,14H,4-5H2,1H3,(H5,11,12,13,15,16,17). The van der Waals surface area contributed by atoms with Gasteiger partial charge in [-0.3, -0.25) is 0 Å². The molecule has 0 spiro atoms.